The number of carbonyl (C=O) groups excluding carboxylic acids is 3. The maximum atomic E-state index is 14.4. The molecule has 210 valence electrons. The van der Waals surface area contributed by atoms with Gasteiger partial charge in [0.15, 0.2) is 0 Å². The Morgan fingerprint density at radius 1 is 1.18 bits per heavy atom. The van der Waals surface area contributed by atoms with Gasteiger partial charge in [-0.3, -0.25) is 14.7 Å². The molecule has 2 saturated heterocycles. The zero-order chi connectivity index (χ0) is 28.3. The number of benzene rings is 1. The molecule has 3 heterocycles. The number of rotatable bonds is 5. The van der Waals surface area contributed by atoms with Crippen LogP contribution in [-0.4, -0.2) is 67.1 Å². The predicted molar refractivity (Wildman–Crippen MR) is 137 cm³/mol. The lowest BCUT2D eigenvalue weighted by Crippen LogP contribution is -2.35. The highest BCUT2D eigenvalue weighted by atomic mass is 19.1. The van der Waals surface area contributed by atoms with Gasteiger partial charge < -0.3 is 24.8 Å². The molecule has 0 radical (unpaired) electrons. The van der Waals surface area contributed by atoms with E-state index >= 15 is 0 Å². The average molecular weight is 547 g/mol. The summed E-state index contributed by atoms with van der Waals surface area (Å²) in [7, 11) is 0. The third kappa shape index (κ3) is 7.20. The van der Waals surface area contributed by atoms with Crippen LogP contribution in [0.15, 0.2) is 36.7 Å². The van der Waals surface area contributed by atoms with Crippen LogP contribution in [0, 0.1) is 23.5 Å². The van der Waals surface area contributed by atoms with E-state index in [-0.39, 0.29) is 36.3 Å². The van der Waals surface area contributed by atoms with E-state index in [1.165, 1.54) is 19.3 Å². The van der Waals surface area contributed by atoms with E-state index in [2.05, 4.69) is 15.6 Å². The summed E-state index contributed by atoms with van der Waals surface area (Å²) < 4.78 is 44.3. The normalized spacial score (nSPS) is 23.2. The second-order valence-electron chi connectivity index (χ2n) is 10.6. The van der Waals surface area contributed by atoms with Crippen molar-refractivity contribution in [3.63, 3.8) is 0 Å². The lowest BCUT2D eigenvalue weighted by molar-refractivity contribution is -0.119. The second kappa shape index (κ2) is 11.5. The van der Waals surface area contributed by atoms with Gasteiger partial charge in [-0.05, 0) is 39.0 Å². The molecule has 5 rings (SSSR count). The Balaban J connectivity index is 0.000000212. The molecule has 3 aliphatic rings. The first kappa shape index (κ1) is 28.2. The number of nitrogens with zero attached hydrogens (tertiary/aromatic N) is 2. The van der Waals surface area contributed by atoms with Gasteiger partial charge in [0.05, 0.1) is 37.6 Å². The highest BCUT2D eigenvalue weighted by Crippen LogP contribution is 2.44. The minimum Gasteiger partial charge on any atom is -0.444 e. The summed E-state index contributed by atoms with van der Waals surface area (Å²) >= 11 is 0. The number of nitrogens with one attached hydrogen (secondary N) is 2. The summed E-state index contributed by atoms with van der Waals surface area (Å²) in [5.41, 5.74) is -0.265. The first-order chi connectivity index (χ1) is 18.4. The third-order valence-electron chi connectivity index (χ3n) is 6.38. The molecule has 2 unspecified atom stereocenters. The molecular formula is C27H32F2N4O6. The van der Waals surface area contributed by atoms with Crippen molar-refractivity contribution < 1.29 is 37.4 Å². The molecule has 2 aromatic rings. The van der Waals surface area contributed by atoms with E-state index in [0.717, 1.165) is 30.2 Å². The summed E-state index contributed by atoms with van der Waals surface area (Å²) in [6.07, 6.45) is 1.25. The van der Waals surface area contributed by atoms with E-state index in [4.69, 9.17) is 14.2 Å². The Kier molecular flexibility index (Phi) is 8.34. The fourth-order valence-electron chi connectivity index (χ4n) is 4.50. The molecule has 39 heavy (non-hydrogen) atoms. The smallest absolute Gasteiger partial charge is 0.414 e. The maximum absolute atomic E-state index is 14.4. The van der Waals surface area contributed by atoms with Crippen molar-refractivity contribution in [2.24, 2.45) is 11.8 Å². The van der Waals surface area contributed by atoms with Gasteiger partial charge in [0.2, 0.25) is 5.91 Å². The average Bonchev–Trinajstić information content (AvgIpc) is 3.17. The van der Waals surface area contributed by atoms with Crippen molar-refractivity contribution in [2.45, 2.75) is 45.4 Å². The molecule has 1 aromatic carbocycles. The molecule has 10 nitrogen and oxygen atoms in total. The summed E-state index contributed by atoms with van der Waals surface area (Å²) in [5, 5.41) is 5.41. The zero-order valence-electron chi connectivity index (χ0n) is 22.2. The lowest BCUT2D eigenvalue weighted by Gasteiger charge is -2.20. The highest BCUT2D eigenvalue weighted by molar-refractivity contribution is 5.90. The number of hydrogen-bond acceptors (Lipinski definition) is 7. The number of anilines is 1. The number of alkyl carbamates (subject to hydrolysis) is 1. The second-order valence-corrected chi connectivity index (χ2v) is 10.6. The van der Waals surface area contributed by atoms with Crippen LogP contribution in [0.3, 0.4) is 0 Å². The maximum Gasteiger partial charge on any atom is 0.414 e. The molecule has 3 fully saturated rings. The predicted octanol–water partition coefficient (Wildman–Crippen LogP) is 3.64. The number of halogens is 2. The third-order valence-corrected chi connectivity index (χ3v) is 6.38. The lowest BCUT2D eigenvalue weighted by atomic mass is 10.1. The molecule has 12 heteroatoms. The van der Waals surface area contributed by atoms with Crippen LogP contribution in [0.5, 0.6) is 0 Å². The largest absolute Gasteiger partial charge is 0.444 e. The monoisotopic (exact) mass is 546 g/mol. The van der Waals surface area contributed by atoms with Gasteiger partial charge in [-0.25, -0.2) is 18.4 Å². The van der Waals surface area contributed by atoms with Crippen LogP contribution in [0.2, 0.25) is 0 Å². The molecule has 1 aromatic heterocycles. The van der Waals surface area contributed by atoms with Gasteiger partial charge in [-0.2, -0.15) is 0 Å². The van der Waals surface area contributed by atoms with Crippen molar-refractivity contribution in [3.05, 3.63) is 48.3 Å². The Morgan fingerprint density at radius 3 is 2.41 bits per heavy atom. The molecule has 0 bridgehead atoms. The first-order valence-electron chi connectivity index (χ1n) is 12.6. The summed E-state index contributed by atoms with van der Waals surface area (Å²) in [5.74, 6) is -0.806. The Hall–Kier alpha value is -3.80. The van der Waals surface area contributed by atoms with Crippen molar-refractivity contribution in [3.8, 4) is 11.1 Å². The Labute approximate surface area is 225 Å². The Bertz CT molecular complexity index is 1190. The van der Waals surface area contributed by atoms with Crippen LogP contribution < -0.4 is 15.5 Å². The fraction of sp³-hybridized carbons (Fsp3) is 0.481. The summed E-state index contributed by atoms with van der Waals surface area (Å²) in [4.78, 5) is 39.2. The van der Waals surface area contributed by atoms with Crippen LogP contribution in [-0.2, 0) is 19.0 Å². The standard InChI is InChI=1S/C17H15F2N3O3.C10H17NO3/c1-10(23)21-8-13-9-22(17(24)25-13)12-5-14(18)16(15(19)6-12)11-3-2-4-20-7-11;1-10(2,3)14-9(12)11-8-6-4-13-5-7(6)8/h2-7,13H,8-9H2,1H3,(H,21,23);6-8H,4-5H2,1-3H3,(H,11,12)/t;6-,7+,8?. The van der Waals surface area contributed by atoms with Crippen molar-refractivity contribution in [1.29, 1.82) is 0 Å². The molecule has 2 N–H and O–H groups in total. The molecule has 1 saturated carbocycles. The minimum absolute atomic E-state index is 0.0537. The van der Waals surface area contributed by atoms with Gasteiger partial charge >= 0.3 is 12.2 Å². The van der Waals surface area contributed by atoms with Gasteiger partial charge in [0, 0.05) is 42.8 Å². The SMILES string of the molecule is CC(=O)NCC1CN(c2cc(F)c(-c3cccnc3)c(F)c2)C(=O)O1.CC(C)(C)OC(=O)NC1[C@H]2COC[C@@H]12. The number of pyridine rings is 1. The number of amides is 3. The topological polar surface area (TPSA) is 119 Å². The molecule has 0 spiro atoms. The van der Waals surface area contributed by atoms with Gasteiger partial charge in [0.25, 0.3) is 0 Å². The number of ether oxygens (including phenoxy) is 3. The van der Waals surface area contributed by atoms with Gasteiger partial charge in [-0.15, -0.1) is 0 Å². The molecule has 2 aliphatic heterocycles. The fourth-order valence-corrected chi connectivity index (χ4v) is 4.50. The van der Waals surface area contributed by atoms with Crippen LogP contribution >= 0.6 is 0 Å². The van der Waals surface area contributed by atoms with Crippen molar-refractivity contribution in [1.82, 2.24) is 15.6 Å². The summed E-state index contributed by atoms with van der Waals surface area (Å²) in [6, 6.07) is 5.56. The number of hydrogen-bond donors (Lipinski definition) is 2. The van der Waals surface area contributed by atoms with Crippen molar-refractivity contribution >= 4 is 23.8 Å². The minimum atomic E-state index is -0.805. The highest BCUT2D eigenvalue weighted by Gasteiger charge is 2.55. The molecule has 1 aliphatic carbocycles. The van der Waals surface area contributed by atoms with Crippen molar-refractivity contribution in [2.75, 3.05) is 31.2 Å². The molecule has 3 amide bonds. The van der Waals surface area contributed by atoms with Gasteiger partial charge in [0.1, 0.15) is 23.3 Å². The number of cyclic esters (lactones) is 1. The van der Waals surface area contributed by atoms with E-state index < -0.39 is 29.4 Å². The van der Waals surface area contributed by atoms with Crippen LogP contribution in [0.4, 0.5) is 24.1 Å². The van der Waals surface area contributed by atoms with E-state index in [9.17, 15) is 23.2 Å². The van der Waals surface area contributed by atoms with Crippen LogP contribution in [0.1, 0.15) is 27.7 Å². The molecule has 4 atom stereocenters. The number of fused-ring (bicyclic) bond motifs is 1. The quantitative estimate of drug-likeness (QED) is 0.588. The molecular weight excluding hydrogens is 514 g/mol. The van der Waals surface area contributed by atoms with E-state index in [1.807, 2.05) is 20.8 Å². The first-order valence-corrected chi connectivity index (χ1v) is 12.6. The number of aromatic nitrogens is 1. The zero-order valence-corrected chi connectivity index (χ0v) is 22.2. The van der Waals surface area contributed by atoms with Crippen LogP contribution in [0.25, 0.3) is 11.1 Å². The van der Waals surface area contributed by atoms with E-state index in [0.29, 0.717) is 23.4 Å². The number of carbonyl (C=O) groups is 3. The van der Waals surface area contributed by atoms with E-state index in [1.54, 1.807) is 12.1 Å². The summed E-state index contributed by atoms with van der Waals surface area (Å²) in [6.45, 7) is 8.73. The Morgan fingerprint density at radius 2 is 1.85 bits per heavy atom. The van der Waals surface area contributed by atoms with Gasteiger partial charge in [-0.1, -0.05) is 6.07 Å².